The number of hydrogen-bond acceptors (Lipinski definition) is 1. The van der Waals surface area contributed by atoms with Crippen LogP contribution in [0.3, 0.4) is 0 Å². The van der Waals surface area contributed by atoms with Crippen LogP contribution in [0.2, 0.25) is 0 Å². The van der Waals surface area contributed by atoms with Gasteiger partial charge in [0.2, 0.25) is 0 Å². The molecule has 0 atom stereocenters. The van der Waals surface area contributed by atoms with Crippen molar-refractivity contribution in [2.45, 2.75) is 0 Å². The van der Waals surface area contributed by atoms with E-state index in [0.717, 1.165) is 5.69 Å². The normalized spacial score (nSPS) is 9.18. The highest BCUT2D eigenvalue weighted by atomic mass is 19.1. The first kappa shape index (κ1) is 7.79. The van der Waals surface area contributed by atoms with E-state index in [4.69, 9.17) is 0 Å². The Kier molecular flexibility index (Phi) is 2.66. The molecule has 2 heteroatoms. The second-order valence-electron chi connectivity index (χ2n) is 2.18. The second kappa shape index (κ2) is 3.76. The molecule has 1 aromatic rings. The fourth-order valence-corrected chi connectivity index (χ4v) is 0.788. The van der Waals surface area contributed by atoms with Gasteiger partial charge in [-0.2, -0.15) is 0 Å². The van der Waals surface area contributed by atoms with Crippen LogP contribution in [0.4, 0.5) is 10.1 Å². The zero-order chi connectivity index (χ0) is 8.10. The summed E-state index contributed by atoms with van der Waals surface area (Å²) < 4.78 is 12.5. The molecule has 1 N–H and O–H groups in total. The minimum atomic E-state index is -0.223. The van der Waals surface area contributed by atoms with Gasteiger partial charge in [0.15, 0.2) is 0 Å². The lowest BCUT2D eigenvalue weighted by atomic mass is 10.3. The van der Waals surface area contributed by atoms with E-state index in [1.54, 1.807) is 12.1 Å². The first-order valence-electron chi connectivity index (χ1n) is 3.43. The first-order valence-corrected chi connectivity index (χ1v) is 3.43. The lowest BCUT2D eigenvalue weighted by molar-refractivity contribution is 0.628. The summed E-state index contributed by atoms with van der Waals surface area (Å²) >= 11 is 0. The highest BCUT2D eigenvalue weighted by Crippen LogP contribution is 2.07. The van der Waals surface area contributed by atoms with E-state index < -0.39 is 0 Å². The van der Waals surface area contributed by atoms with E-state index in [-0.39, 0.29) is 5.82 Å². The number of halogens is 1. The summed E-state index contributed by atoms with van der Waals surface area (Å²) in [7, 11) is 0. The van der Waals surface area contributed by atoms with Gasteiger partial charge in [0.25, 0.3) is 0 Å². The lowest BCUT2D eigenvalue weighted by Crippen LogP contribution is -1.97. The predicted molar refractivity (Wildman–Crippen MR) is 45.1 cm³/mol. The minimum Gasteiger partial charge on any atom is -0.382 e. The molecule has 0 saturated heterocycles. The zero-order valence-corrected chi connectivity index (χ0v) is 6.18. The van der Waals surface area contributed by atoms with Crippen LogP contribution in [0.25, 0.3) is 0 Å². The molecule has 0 amide bonds. The molecule has 1 aromatic carbocycles. The van der Waals surface area contributed by atoms with E-state index >= 15 is 0 Å². The van der Waals surface area contributed by atoms with Gasteiger partial charge in [-0.3, -0.25) is 0 Å². The highest BCUT2D eigenvalue weighted by molar-refractivity contribution is 5.43. The summed E-state index contributed by atoms with van der Waals surface area (Å²) in [6, 6.07) is 6.34. The van der Waals surface area contributed by atoms with Crippen molar-refractivity contribution in [3.63, 3.8) is 0 Å². The average molecular weight is 151 g/mol. The Morgan fingerprint density at radius 3 is 3.00 bits per heavy atom. The van der Waals surface area contributed by atoms with Gasteiger partial charge in [0, 0.05) is 12.2 Å². The van der Waals surface area contributed by atoms with Crippen molar-refractivity contribution in [1.82, 2.24) is 0 Å². The van der Waals surface area contributed by atoms with Crippen LogP contribution in [-0.2, 0) is 0 Å². The van der Waals surface area contributed by atoms with Crippen LogP contribution in [0.15, 0.2) is 36.9 Å². The van der Waals surface area contributed by atoms with Gasteiger partial charge in [0.1, 0.15) is 5.82 Å². The molecule has 0 spiro atoms. The molecule has 0 bridgehead atoms. The van der Waals surface area contributed by atoms with Gasteiger partial charge in [0.05, 0.1) is 0 Å². The monoisotopic (exact) mass is 151 g/mol. The third kappa shape index (κ3) is 2.42. The zero-order valence-electron chi connectivity index (χ0n) is 6.18. The van der Waals surface area contributed by atoms with Crippen molar-refractivity contribution < 1.29 is 4.39 Å². The molecule has 0 heterocycles. The molecule has 0 aliphatic carbocycles. The second-order valence-corrected chi connectivity index (χ2v) is 2.18. The molecule has 0 aliphatic heterocycles. The number of benzene rings is 1. The smallest absolute Gasteiger partial charge is 0.125 e. The third-order valence-electron chi connectivity index (χ3n) is 1.28. The van der Waals surface area contributed by atoms with Crippen LogP contribution in [0.5, 0.6) is 0 Å². The van der Waals surface area contributed by atoms with Crippen LogP contribution < -0.4 is 5.32 Å². The van der Waals surface area contributed by atoms with Gasteiger partial charge in [-0.25, -0.2) is 4.39 Å². The van der Waals surface area contributed by atoms with Gasteiger partial charge >= 0.3 is 0 Å². The summed E-state index contributed by atoms with van der Waals surface area (Å²) in [5, 5.41) is 2.98. The van der Waals surface area contributed by atoms with Crippen molar-refractivity contribution in [1.29, 1.82) is 0 Å². The molecule has 1 nitrogen and oxygen atoms in total. The summed E-state index contributed by atoms with van der Waals surface area (Å²) in [4.78, 5) is 0. The van der Waals surface area contributed by atoms with Crippen LogP contribution in [0, 0.1) is 5.82 Å². The predicted octanol–water partition coefficient (Wildman–Crippen LogP) is 2.42. The highest BCUT2D eigenvalue weighted by Gasteiger charge is 1.90. The standard InChI is InChI=1S/C9H10FN/c1-2-6-11-9-5-3-4-8(10)7-9/h2-5,7,11H,1,6H2. The van der Waals surface area contributed by atoms with Crippen LogP contribution >= 0.6 is 0 Å². The van der Waals surface area contributed by atoms with Crippen molar-refractivity contribution in [3.05, 3.63) is 42.7 Å². The Hall–Kier alpha value is -1.31. The molecule has 1 rings (SSSR count). The number of hydrogen-bond donors (Lipinski definition) is 1. The van der Waals surface area contributed by atoms with E-state index in [0.29, 0.717) is 6.54 Å². The van der Waals surface area contributed by atoms with Crippen molar-refractivity contribution in [2.24, 2.45) is 0 Å². The maximum absolute atomic E-state index is 12.5. The van der Waals surface area contributed by atoms with E-state index in [2.05, 4.69) is 11.9 Å². The first-order chi connectivity index (χ1) is 5.33. The molecule has 11 heavy (non-hydrogen) atoms. The van der Waals surface area contributed by atoms with Gasteiger partial charge in [-0.05, 0) is 18.2 Å². The van der Waals surface area contributed by atoms with Crippen molar-refractivity contribution in [2.75, 3.05) is 11.9 Å². The molecule has 58 valence electrons. The largest absolute Gasteiger partial charge is 0.382 e. The SMILES string of the molecule is C=CCNc1cccc(F)c1. The molecule has 0 aliphatic rings. The third-order valence-corrected chi connectivity index (χ3v) is 1.28. The summed E-state index contributed by atoms with van der Waals surface area (Å²) in [6.45, 7) is 4.20. The van der Waals surface area contributed by atoms with Crippen molar-refractivity contribution in [3.8, 4) is 0 Å². The Morgan fingerprint density at radius 1 is 1.55 bits per heavy atom. The van der Waals surface area contributed by atoms with Crippen molar-refractivity contribution >= 4 is 5.69 Å². The fraction of sp³-hybridized carbons (Fsp3) is 0.111. The molecule has 0 radical (unpaired) electrons. The topological polar surface area (TPSA) is 12.0 Å². The Morgan fingerprint density at radius 2 is 2.36 bits per heavy atom. The van der Waals surface area contributed by atoms with E-state index in [9.17, 15) is 4.39 Å². The number of anilines is 1. The molecule has 0 aromatic heterocycles. The molecular formula is C9H10FN. The number of nitrogens with one attached hydrogen (secondary N) is 1. The van der Waals surface area contributed by atoms with Gasteiger partial charge in [-0.15, -0.1) is 6.58 Å². The molecule has 0 unspecified atom stereocenters. The molecule has 0 saturated carbocycles. The maximum atomic E-state index is 12.5. The lowest BCUT2D eigenvalue weighted by Gasteiger charge is -2.01. The fourth-order valence-electron chi connectivity index (χ4n) is 0.788. The average Bonchev–Trinajstić information content (AvgIpc) is 2.01. The number of rotatable bonds is 3. The van der Waals surface area contributed by atoms with E-state index in [1.165, 1.54) is 12.1 Å². The van der Waals surface area contributed by atoms with Crippen LogP contribution in [-0.4, -0.2) is 6.54 Å². The summed E-state index contributed by atoms with van der Waals surface area (Å²) in [6.07, 6.45) is 1.73. The maximum Gasteiger partial charge on any atom is 0.125 e. The quantitative estimate of drug-likeness (QED) is 0.654. The summed E-state index contributed by atoms with van der Waals surface area (Å²) in [5.41, 5.74) is 0.782. The Labute approximate surface area is 65.6 Å². The minimum absolute atomic E-state index is 0.223. The Balaban J connectivity index is 2.63. The van der Waals surface area contributed by atoms with Gasteiger partial charge in [-0.1, -0.05) is 12.1 Å². The molecular weight excluding hydrogens is 141 g/mol. The summed E-state index contributed by atoms with van der Waals surface area (Å²) in [5.74, 6) is -0.223. The molecule has 0 fully saturated rings. The Bertz CT molecular complexity index is 245. The van der Waals surface area contributed by atoms with E-state index in [1.807, 2.05) is 6.07 Å². The van der Waals surface area contributed by atoms with Gasteiger partial charge < -0.3 is 5.32 Å². The van der Waals surface area contributed by atoms with Crippen LogP contribution in [0.1, 0.15) is 0 Å².